The van der Waals surface area contributed by atoms with E-state index in [0.717, 1.165) is 11.0 Å². The number of carbonyl (C=O) groups is 1. The fourth-order valence-electron chi connectivity index (χ4n) is 5.05. The van der Waals surface area contributed by atoms with Crippen LogP contribution in [-0.2, 0) is 4.79 Å². The fraction of sp³-hybridized carbons (Fsp3) is 0.333. The van der Waals surface area contributed by atoms with E-state index in [1.165, 1.54) is 18.1 Å². The molecule has 5 aromatic rings. The van der Waals surface area contributed by atoms with Gasteiger partial charge in [-0.2, -0.15) is 14.6 Å². The molecule has 4 atom stereocenters. The molecule has 1 aliphatic carbocycles. The number of rotatable bonds is 5. The van der Waals surface area contributed by atoms with Crippen LogP contribution in [0, 0.1) is 5.41 Å². The van der Waals surface area contributed by atoms with Gasteiger partial charge < -0.3 is 29.8 Å². The number of amides is 1. The fourth-order valence-corrected chi connectivity index (χ4v) is 5.05. The Hall–Kier alpha value is -4.36. The Morgan fingerprint density at radius 3 is 2.78 bits per heavy atom. The van der Waals surface area contributed by atoms with Crippen LogP contribution in [0.4, 0.5) is 5.82 Å². The average Bonchev–Trinajstić information content (AvgIpc) is 3.70. The van der Waals surface area contributed by atoms with Gasteiger partial charge in [-0.05, 0) is 25.5 Å². The van der Waals surface area contributed by atoms with Crippen molar-refractivity contribution in [2.45, 2.75) is 31.6 Å². The standard InChI is InChI=1S/C24H25N9O4/c1-24(22(36)26-3)9-14(18(34)19(24)35)32-11-27-17-20(25-2)28-23(29-21(17)32)33-10-13(30-31-33)16-8-12-6-4-5-7-15(12)37-16/h4-8,10-11,14,18-19,34-35H,9H2,1-3H3,(H,26,36)(H,25,28,29)/t14-,18+,19+,24?/m1/s1. The van der Waals surface area contributed by atoms with Gasteiger partial charge in [0, 0.05) is 19.5 Å². The second-order valence-electron chi connectivity index (χ2n) is 9.35. The smallest absolute Gasteiger partial charge is 0.256 e. The molecule has 0 bridgehead atoms. The summed E-state index contributed by atoms with van der Waals surface area (Å²) >= 11 is 0. The van der Waals surface area contributed by atoms with Crippen molar-refractivity contribution < 1.29 is 19.4 Å². The summed E-state index contributed by atoms with van der Waals surface area (Å²) in [6.45, 7) is 1.63. The molecule has 1 amide bonds. The van der Waals surface area contributed by atoms with Crippen LogP contribution in [0.1, 0.15) is 19.4 Å². The summed E-state index contributed by atoms with van der Waals surface area (Å²) in [6, 6.07) is 8.91. The number of nitrogens with zero attached hydrogens (tertiary/aromatic N) is 7. The minimum absolute atomic E-state index is 0.189. The molecule has 1 aromatic carbocycles. The van der Waals surface area contributed by atoms with E-state index in [9.17, 15) is 15.0 Å². The molecule has 37 heavy (non-hydrogen) atoms. The Morgan fingerprint density at radius 2 is 2.03 bits per heavy atom. The van der Waals surface area contributed by atoms with Crippen molar-refractivity contribution in [1.82, 2.24) is 39.8 Å². The SMILES string of the molecule is CNC(=O)C1(C)C[C@@H](n2cnc3c(NC)nc(-n4cc(-c5cc6ccccc6o5)nn4)nc32)[C@H](O)[C@@H]1O. The molecule has 4 aromatic heterocycles. The summed E-state index contributed by atoms with van der Waals surface area (Å²) in [6.07, 6.45) is 0.912. The van der Waals surface area contributed by atoms with Gasteiger partial charge in [-0.25, -0.2) is 4.98 Å². The Morgan fingerprint density at radius 1 is 1.22 bits per heavy atom. The zero-order chi connectivity index (χ0) is 25.9. The number of fused-ring (bicyclic) bond motifs is 2. The lowest BCUT2D eigenvalue weighted by Gasteiger charge is -2.26. The van der Waals surface area contributed by atoms with Crippen molar-refractivity contribution in [3.8, 4) is 17.4 Å². The minimum Gasteiger partial charge on any atom is -0.454 e. The maximum atomic E-state index is 12.5. The highest BCUT2D eigenvalue weighted by Gasteiger charge is 2.54. The number of benzene rings is 1. The molecule has 1 fully saturated rings. The molecule has 0 saturated heterocycles. The van der Waals surface area contributed by atoms with E-state index in [1.54, 1.807) is 24.7 Å². The summed E-state index contributed by atoms with van der Waals surface area (Å²) in [7, 11) is 3.21. The van der Waals surface area contributed by atoms with Gasteiger partial charge in [-0.3, -0.25) is 4.79 Å². The number of hydrogen-bond donors (Lipinski definition) is 4. The van der Waals surface area contributed by atoms with Crippen molar-refractivity contribution in [3.63, 3.8) is 0 Å². The van der Waals surface area contributed by atoms with E-state index in [0.29, 0.717) is 28.4 Å². The molecule has 13 nitrogen and oxygen atoms in total. The molecule has 1 aliphatic rings. The Balaban J connectivity index is 1.41. The van der Waals surface area contributed by atoms with E-state index in [2.05, 4.69) is 35.9 Å². The largest absolute Gasteiger partial charge is 0.454 e. The van der Waals surface area contributed by atoms with E-state index < -0.39 is 23.7 Å². The van der Waals surface area contributed by atoms with Crippen LogP contribution < -0.4 is 10.6 Å². The van der Waals surface area contributed by atoms with Gasteiger partial charge in [0.15, 0.2) is 22.7 Å². The highest BCUT2D eigenvalue weighted by Crippen LogP contribution is 2.45. The number of aliphatic hydroxyl groups excluding tert-OH is 2. The molecule has 190 valence electrons. The van der Waals surface area contributed by atoms with E-state index in [-0.39, 0.29) is 18.3 Å². The van der Waals surface area contributed by atoms with Crippen LogP contribution in [0.15, 0.2) is 47.3 Å². The molecule has 13 heteroatoms. The zero-order valence-corrected chi connectivity index (χ0v) is 20.3. The lowest BCUT2D eigenvalue weighted by molar-refractivity contribution is -0.136. The predicted octanol–water partition coefficient (Wildman–Crippen LogP) is 1.28. The predicted molar refractivity (Wildman–Crippen MR) is 133 cm³/mol. The third-order valence-electron chi connectivity index (χ3n) is 7.13. The maximum Gasteiger partial charge on any atom is 0.256 e. The number of nitrogens with one attached hydrogen (secondary N) is 2. The number of aromatic nitrogens is 7. The first-order valence-corrected chi connectivity index (χ1v) is 11.8. The van der Waals surface area contributed by atoms with Crippen molar-refractivity contribution >= 4 is 33.9 Å². The van der Waals surface area contributed by atoms with E-state index in [1.807, 2.05) is 30.3 Å². The number of imidazole rings is 1. The molecule has 1 saturated carbocycles. The highest BCUT2D eigenvalue weighted by atomic mass is 16.3. The second kappa shape index (κ2) is 8.35. The van der Waals surface area contributed by atoms with Crippen molar-refractivity contribution in [2.24, 2.45) is 5.41 Å². The highest BCUT2D eigenvalue weighted by molar-refractivity contribution is 5.85. The average molecular weight is 504 g/mol. The first kappa shape index (κ1) is 23.1. The van der Waals surface area contributed by atoms with Crippen molar-refractivity contribution in [3.05, 3.63) is 42.9 Å². The van der Waals surface area contributed by atoms with Gasteiger partial charge in [0.05, 0.1) is 30.1 Å². The van der Waals surface area contributed by atoms with Crippen LogP contribution in [-0.4, -0.2) is 76.9 Å². The van der Waals surface area contributed by atoms with E-state index >= 15 is 0 Å². The van der Waals surface area contributed by atoms with Crippen LogP contribution in [0.3, 0.4) is 0 Å². The first-order valence-electron chi connectivity index (χ1n) is 11.8. The first-order chi connectivity index (χ1) is 17.8. The number of para-hydroxylation sites is 1. The molecular weight excluding hydrogens is 478 g/mol. The topological polar surface area (TPSA) is 169 Å². The molecule has 0 spiro atoms. The monoisotopic (exact) mass is 503 g/mol. The van der Waals surface area contributed by atoms with Gasteiger partial charge in [-0.15, -0.1) is 5.10 Å². The third kappa shape index (κ3) is 3.46. The lowest BCUT2D eigenvalue weighted by Crippen LogP contribution is -2.45. The number of aliphatic hydroxyl groups is 2. The number of hydrogen-bond acceptors (Lipinski definition) is 10. The van der Waals surface area contributed by atoms with Crippen LogP contribution in [0.25, 0.3) is 39.5 Å². The van der Waals surface area contributed by atoms with Crippen LogP contribution in [0.5, 0.6) is 0 Å². The number of carbonyl (C=O) groups excluding carboxylic acids is 1. The Bertz CT molecular complexity index is 1610. The second-order valence-corrected chi connectivity index (χ2v) is 9.35. The zero-order valence-electron chi connectivity index (χ0n) is 20.3. The summed E-state index contributed by atoms with van der Waals surface area (Å²) in [5.74, 6) is 0.874. The molecule has 0 radical (unpaired) electrons. The molecule has 0 aliphatic heterocycles. The molecule has 4 heterocycles. The molecular formula is C24H25N9O4. The molecule has 1 unspecified atom stereocenters. The van der Waals surface area contributed by atoms with Crippen molar-refractivity contribution in [2.75, 3.05) is 19.4 Å². The summed E-state index contributed by atoms with van der Waals surface area (Å²) in [5, 5.41) is 36.6. The van der Waals surface area contributed by atoms with Crippen LogP contribution >= 0.6 is 0 Å². The number of furan rings is 1. The normalized spacial score (nSPS) is 23.6. The van der Waals surface area contributed by atoms with E-state index in [4.69, 9.17) is 4.42 Å². The van der Waals surface area contributed by atoms with Gasteiger partial charge >= 0.3 is 0 Å². The number of anilines is 1. The maximum absolute atomic E-state index is 12.5. The van der Waals surface area contributed by atoms with Gasteiger partial charge in [-0.1, -0.05) is 23.4 Å². The van der Waals surface area contributed by atoms with Gasteiger partial charge in [0.2, 0.25) is 5.91 Å². The third-order valence-corrected chi connectivity index (χ3v) is 7.13. The minimum atomic E-state index is -1.26. The van der Waals surface area contributed by atoms with Crippen molar-refractivity contribution in [1.29, 1.82) is 0 Å². The Labute approximate surface area is 210 Å². The quantitative estimate of drug-likeness (QED) is 0.274. The molecule has 4 N–H and O–H groups in total. The van der Waals surface area contributed by atoms with Crippen LogP contribution in [0.2, 0.25) is 0 Å². The summed E-state index contributed by atoms with van der Waals surface area (Å²) in [4.78, 5) is 26.2. The van der Waals surface area contributed by atoms with Gasteiger partial charge in [0.1, 0.15) is 17.4 Å². The molecule has 6 rings (SSSR count). The van der Waals surface area contributed by atoms with Gasteiger partial charge in [0.25, 0.3) is 5.95 Å². The lowest BCUT2D eigenvalue weighted by atomic mass is 9.85. The summed E-state index contributed by atoms with van der Waals surface area (Å²) < 4.78 is 8.99. The Kier molecular flexibility index (Phi) is 5.21. The summed E-state index contributed by atoms with van der Waals surface area (Å²) in [5.41, 5.74) is 0.957.